The molecule has 1 saturated heterocycles. The van der Waals surface area contributed by atoms with Crippen molar-refractivity contribution in [1.82, 2.24) is 15.1 Å². The van der Waals surface area contributed by atoms with E-state index in [-0.39, 0.29) is 11.7 Å². The summed E-state index contributed by atoms with van der Waals surface area (Å²) in [6.45, 7) is 3.93. The van der Waals surface area contributed by atoms with E-state index in [0.29, 0.717) is 31.1 Å². The summed E-state index contributed by atoms with van der Waals surface area (Å²) in [6, 6.07) is 8.12. The first-order chi connectivity index (χ1) is 12.1. The highest BCUT2D eigenvalue weighted by Gasteiger charge is 2.25. The van der Waals surface area contributed by atoms with Crippen LogP contribution in [-0.2, 0) is 4.79 Å². The van der Waals surface area contributed by atoms with Crippen LogP contribution in [0, 0.1) is 12.7 Å². The summed E-state index contributed by atoms with van der Waals surface area (Å²) in [6.07, 6.45) is 3.14. The van der Waals surface area contributed by atoms with Crippen LogP contribution < -0.4 is 4.74 Å². The van der Waals surface area contributed by atoms with Crippen LogP contribution in [0.5, 0.6) is 5.75 Å². The second kappa shape index (κ2) is 8.14. The minimum absolute atomic E-state index is 0.153. The van der Waals surface area contributed by atoms with Gasteiger partial charge in [-0.05, 0) is 44.4 Å². The van der Waals surface area contributed by atoms with E-state index in [4.69, 9.17) is 4.74 Å². The minimum atomic E-state index is -0.318. The van der Waals surface area contributed by atoms with E-state index in [1.165, 1.54) is 12.1 Å². The molecule has 0 bridgehead atoms. The monoisotopic (exact) mass is 345 g/mol. The van der Waals surface area contributed by atoms with E-state index in [2.05, 4.69) is 16.3 Å². The number of hydrogen-bond donors (Lipinski definition) is 1. The van der Waals surface area contributed by atoms with Crippen molar-refractivity contribution in [3.05, 3.63) is 47.5 Å². The number of H-pyrrole nitrogens is 1. The number of likely N-dealkylation sites (tertiary alicyclic amines) is 1. The average Bonchev–Trinajstić information content (AvgIpc) is 3.05. The van der Waals surface area contributed by atoms with Gasteiger partial charge in [-0.1, -0.05) is 6.07 Å². The van der Waals surface area contributed by atoms with Gasteiger partial charge in [0, 0.05) is 37.2 Å². The fourth-order valence-corrected chi connectivity index (χ4v) is 3.22. The molecule has 1 N–H and O–H groups in total. The molecular weight excluding hydrogens is 321 g/mol. The zero-order valence-electron chi connectivity index (χ0n) is 14.5. The lowest BCUT2D eigenvalue weighted by atomic mass is 9.94. The largest absolute Gasteiger partial charge is 0.493 e. The highest BCUT2D eigenvalue weighted by molar-refractivity contribution is 5.76. The van der Waals surface area contributed by atoms with Gasteiger partial charge in [-0.15, -0.1) is 0 Å². The number of amides is 1. The Balaban J connectivity index is 1.43. The number of halogens is 1. The summed E-state index contributed by atoms with van der Waals surface area (Å²) in [7, 11) is 0. The molecule has 0 saturated carbocycles. The second-order valence-electron chi connectivity index (χ2n) is 6.56. The molecule has 1 aliphatic heterocycles. The van der Waals surface area contributed by atoms with Gasteiger partial charge in [0.2, 0.25) is 5.91 Å². The lowest BCUT2D eigenvalue weighted by Gasteiger charge is -2.32. The van der Waals surface area contributed by atoms with Crippen molar-refractivity contribution in [3.8, 4) is 5.75 Å². The van der Waals surface area contributed by atoms with Crippen molar-refractivity contribution < 1.29 is 13.9 Å². The summed E-state index contributed by atoms with van der Waals surface area (Å²) >= 11 is 0. The van der Waals surface area contributed by atoms with E-state index in [1.807, 2.05) is 11.8 Å². The SMILES string of the molecule is Cc1cc([C@H]2CCCN(C(=O)CCCOc3cccc(F)c3)C2)n[nH]1. The molecule has 134 valence electrons. The van der Waals surface area contributed by atoms with E-state index < -0.39 is 0 Å². The molecule has 1 fully saturated rings. The van der Waals surface area contributed by atoms with Crippen LogP contribution in [0.3, 0.4) is 0 Å². The maximum Gasteiger partial charge on any atom is 0.222 e. The zero-order chi connectivity index (χ0) is 17.6. The highest BCUT2D eigenvalue weighted by atomic mass is 19.1. The lowest BCUT2D eigenvalue weighted by Crippen LogP contribution is -2.39. The van der Waals surface area contributed by atoms with Crippen LogP contribution in [0.4, 0.5) is 4.39 Å². The molecular formula is C19H24FN3O2. The first-order valence-corrected chi connectivity index (χ1v) is 8.80. The number of hydrogen-bond acceptors (Lipinski definition) is 3. The quantitative estimate of drug-likeness (QED) is 0.816. The van der Waals surface area contributed by atoms with Gasteiger partial charge in [0.1, 0.15) is 11.6 Å². The Kier molecular flexibility index (Phi) is 5.68. The van der Waals surface area contributed by atoms with Crippen LogP contribution in [0.2, 0.25) is 0 Å². The van der Waals surface area contributed by atoms with E-state index >= 15 is 0 Å². The Hall–Kier alpha value is -2.37. The first kappa shape index (κ1) is 17.5. The molecule has 6 heteroatoms. The standard InChI is InChI=1S/C19H24FN3O2/c1-14-11-18(22-21-14)15-5-3-9-23(13-15)19(24)8-4-10-25-17-7-2-6-16(20)12-17/h2,6-7,11-12,15H,3-5,8-10,13H2,1H3,(H,21,22)/t15-/m0/s1. The predicted octanol–water partition coefficient (Wildman–Crippen LogP) is 3.42. The number of piperidine rings is 1. The Labute approximate surface area is 147 Å². The van der Waals surface area contributed by atoms with Gasteiger partial charge >= 0.3 is 0 Å². The van der Waals surface area contributed by atoms with Crippen molar-refractivity contribution in [2.75, 3.05) is 19.7 Å². The van der Waals surface area contributed by atoms with Gasteiger partial charge in [-0.3, -0.25) is 9.89 Å². The van der Waals surface area contributed by atoms with Gasteiger partial charge in [0.15, 0.2) is 0 Å². The highest BCUT2D eigenvalue weighted by Crippen LogP contribution is 2.26. The van der Waals surface area contributed by atoms with Crippen molar-refractivity contribution in [3.63, 3.8) is 0 Å². The number of ether oxygens (including phenoxy) is 1. The Morgan fingerprint density at radius 1 is 1.44 bits per heavy atom. The van der Waals surface area contributed by atoms with E-state index in [0.717, 1.165) is 37.3 Å². The van der Waals surface area contributed by atoms with Crippen LogP contribution in [0.15, 0.2) is 30.3 Å². The number of carbonyl (C=O) groups excluding carboxylic acids is 1. The molecule has 2 heterocycles. The molecule has 1 amide bonds. The molecule has 0 radical (unpaired) electrons. The Morgan fingerprint density at radius 3 is 3.08 bits per heavy atom. The van der Waals surface area contributed by atoms with Crippen molar-refractivity contribution in [2.24, 2.45) is 0 Å². The molecule has 0 spiro atoms. The third-order valence-electron chi connectivity index (χ3n) is 4.52. The van der Waals surface area contributed by atoms with Crippen LogP contribution >= 0.6 is 0 Å². The minimum Gasteiger partial charge on any atom is -0.493 e. The summed E-state index contributed by atoms with van der Waals surface area (Å²) in [4.78, 5) is 14.4. The summed E-state index contributed by atoms with van der Waals surface area (Å²) < 4.78 is 18.6. The van der Waals surface area contributed by atoms with Crippen LogP contribution in [0.25, 0.3) is 0 Å². The molecule has 0 unspecified atom stereocenters. The van der Waals surface area contributed by atoms with Gasteiger partial charge in [-0.2, -0.15) is 5.10 Å². The van der Waals surface area contributed by atoms with Crippen molar-refractivity contribution >= 4 is 5.91 Å². The number of aromatic nitrogens is 2. The second-order valence-corrected chi connectivity index (χ2v) is 6.56. The molecule has 1 aromatic heterocycles. The molecule has 5 nitrogen and oxygen atoms in total. The third kappa shape index (κ3) is 4.81. The summed E-state index contributed by atoms with van der Waals surface area (Å²) in [5.41, 5.74) is 2.09. The van der Waals surface area contributed by atoms with Crippen LogP contribution in [0.1, 0.15) is 43.0 Å². The van der Waals surface area contributed by atoms with Crippen molar-refractivity contribution in [1.29, 1.82) is 0 Å². The lowest BCUT2D eigenvalue weighted by molar-refractivity contribution is -0.132. The molecule has 3 rings (SSSR count). The fraction of sp³-hybridized carbons (Fsp3) is 0.474. The maximum atomic E-state index is 13.1. The average molecular weight is 345 g/mol. The predicted molar refractivity (Wildman–Crippen MR) is 93.0 cm³/mol. The molecule has 0 aliphatic carbocycles. The number of carbonyl (C=O) groups is 1. The van der Waals surface area contributed by atoms with Gasteiger partial charge in [0.05, 0.1) is 12.3 Å². The fourth-order valence-electron chi connectivity index (χ4n) is 3.22. The van der Waals surface area contributed by atoms with Gasteiger partial charge < -0.3 is 9.64 Å². The summed E-state index contributed by atoms with van der Waals surface area (Å²) in [5.74, 6) is 0.645. The number of rotatable bonds is 6. The molecule has 1 atom stereocenters. The van der Waals surface area contributed by atoms with Crippen molar-refractivity contribution in [2.45, 2.75) is 38.5 Å². The van der Waals surface area contributed by atoms with Gasteiger partial charge in [-0.25, -0.2) is 4.39 Å². The number of nitrogens with zero attached hydrogens (tertiary/aromatic N) is 2. The number of aromatic amines is 1. The van der Waals surface area contributed by atoms with E-state index in [9.17, 15) is 9.18 Å². The third-order valence-corrected chi connectivity index (χ3v) is 4.52. The zero-order valence-corrected chi connectivity index (χ0v) is 14.5. The topological polar surface area (TPSA) is 58.2 Å². The molecule has 1 aliphatic rings. The van der Waals surface area contributed by atoms with Gasteiger partial charge in [0.25, 0.3) is 0 Å². The van der Waals surface area contributed by atoms with Crippen LogP contribution in [-0.4, -0.2) is 40.7 Å². The molecule has 2 aromatic rings. The maximum absolute atomic E-state index is 13.1. The smallest absolute Gasteiger partial charge is 0.222 e. The number of nitrogens with one attached hydrogen (secondary N) is 1. The normalized spacial score (nSPS) is 17.5. The Morgan fingerprint density at radius 2 is 2.32 bits per heavy atom. The number of aryl methyl sites for hydroxylation is 1. The first-order valence-electron chi connectivity index (χ1n) is 8.80. The Bertz CT molecular complexity index is 716. The number of benzene rings is 1. The molecule has 1 aromatic carbocycles. The summed E-state index contributed by atoms with van der Waals surface area (Å²) in [5, 5.41) is 7.31. The molecule has 25 heavy (non-hydrogen) atoms. The van der Waals surface area contributed by atoms with E-state index in [1.54, 1.807) is 12.1 Å².